The van der Waals surface area contributed by atoms with Crippen LogP contribution in [0.3, 0.4) is 0 Å². The van der Waals surface area contributed by atoms with Gasteiger partial charge < -0.3 is 12.4 Å². The predicted molar refractivity (Wildman–Crippen MR) is 99.9 cm³/mol. The van der Waals surface area contributed by atoms with Crippen molar-refractivity contribution in [3.8, 4) is 0 Å². The molecule has 23 heavy (non-hydrogen) atoms. The van der Waals surface area contributed by atoms with Crippen LogP contribution in [0, 0.1) is 0 Å². The van der Waals surface area contributed by atoms with Gasteiger partial charge in [0.25, 0.3) is 0 Å². The van der Waals surface area contributed by atoms with Gasteiger partial charge in [0, 0.05) is 21.4 Å². The molecule has 1 atom stereocenters. The fraction of sp³-hybridized carbons (Fsp3) is 0.143. The van der Waals surface area contributed by atoms with Crippen LogP contribution in [0.2, 0.25) is 0 Å². The Hall–Kier alpha value is -1.62. The molecule has 0 aromatic heterocycles. The third-order valence-electron chi connectivity index (χ3n) is 3.91. The molecule has 0 bridgehead atoms. The molecule has 3 aromatic carbocycles. The highest BCUT2D eigenvalue weighted by atomic mass is 35.5. The average molecular weight is 341 g/mol. The van der Waals surface area contributed by atoms with Gasteiger partial charge in [-0.05, 0) is 23.3 Å². The van der Waals surface area contributed by atoms with Crippen molar-refractivity contribution in [1.29, 1.82) is 0 Å². The van der Waals surface area contributed by atoms with Crippen molar-refractivity contribution in [2.45, 2.75) is 18.5 Å². The van der Waals surface area contributed by atoms with Gasteiger partial charge in [-0.2, -0.15) is 0 Å². The van der Waals surface area contributed by atoms with Crippen LogP contribution in [-0.2, 0) is 12.8 Å². The van der Waals surface area contributed by atoms with E-state index in [4.69, 9.17) is 0 Å². The van der Waals surface area contributed by atoms with Crippen molar-refractivity contribution in [3.05, 3.63) is 102 Å². The molecule has 3 rings (SSSR count). The van der Waals surface area contributed by atoms with Crippen LogP contribution in [0.4, 0.5) is 0 Å². The third-order valence-corrected chi connectivity index (χ3v) is 5.62. The van der Waals surface area contributed by atoms with Crippen LogP contribution >= 0.6 is 8.58 Å². The summed E-state index contributed by atoms with van der Waals surface area (Å²) in [4.78, 5) is 0. The molecule has 0 aliphatic heterocycles. The highest BCUT2D eigenvalue weighted by Gasteiger charge is 2.17. The predicted octanol–water partition coefficient (Wildman–Crippen LogP) is 1.58. The number of benzene rings is 3. The SMILES string of the molecule is [Cl-].c1ccc(CC(Cc2ccccc2)[PH2+]c2ccccc2)cc1. The summed E-state index contributed by atoms with van der Waals surface area (Å²) in [5, 5.41) is 1.51. The normalized spacial score (nSPS) is 10.8. The molecule has 3 aromatic rings. The molecule has 0 nitrogen and oxygen atoms in total. The first-order valence-electron chi connectivity index (χ1n) is 7.88. The Kier molecular flexibility index (Phi) is 7.33. The smallest absolute Gasteiger partial charge is 0.0893 e. The van der Waals surface area contributed by atoms with E-state index < -0.39 is 0 Å². The van der Waals surface area contributed by atoms with E-state index in [1.807, 2.05) is 0 Å². The van der Waals surface area contributed by atoms with E-state index in [1.165, 1.54) is 29.3 Å². The minimum Gasteiger partial charge on any atom is -1.00 e. The van der Waals surface area contributed by atoms with Gasteiger partial charge in [0.1, 0.15) is 0 Å². The molecule has 0 amide bonds. The van der Waals surface area contributed by atoms with Gasteiger partial charge in [-0.15, -0.1) is 0 Å². The summed E-state index contributed by atoms with van der Waals surface area (Å²) in [5.74, 6) is 0. The van der Waals surface area contributed by atoms with Crippen molar-refractivity contribution in [1.82, 2.24) is 0 Å². The first kappa shape index (κ1) is 17.7. The van der Waals surface area contributed by atoms with Crippen LogP contribution in [0.1, 0.15) is 11.1 Å². The molecule has 0 saturated heterocycles. The number of rotatable bonds is 6. The fourth-order valence-corrected chi connectivity index (χ4v) is 4.63. The topological polar surface area (TPSA) is 0 Å². The van der Waals surface area contributed by atoms with E-state index in [1.54, 1.807) is 0 Å². The van der Waals surface area contributed by atoms with Gasteiger partial charge in [-0.3, -0.25) is 0 Å². The Morgan fingerprint density at radius 2 is 0.957 bits per heavy atom. The Labute approximate surface area is 147 Å². The maximum absolute atomic E-state index is 2.28. The molecule has 0 aliphatic rings. The molecule has 1 unspecified atom stereocenters. The van der Waals surface area contributed by atoms with Crippen LogP contribution in [0.5, 0.6) is 0 Å². The quantitative estimate of drug-likeness (QED) is 0.598. The van der Waals surface area contributed by atoms with E-state index in [2.05, 4.69) is 91.0 Å². The van der Waals surface area contributed by atoms with E-state index >= 15 is 0 Å². The van der Waals surface area contributed by atoms with Gasteiger partial charge in [0.05, 0.1) is 11.0 Å². The standard InChI is InChI=1S/C21H21P.ClH/c1-4-10-18(11-5-1)16-21(17-19-12-6-2-7-13-19)22-20-14-8-3-9-15-20;/h1-15,21-22H,16-17H2;1H. The Balaban J connectivity index is 0.00000192. The van der Waals surface area contributed by atoms with Crippen LogP contribution < -0.4 is 17.7 Å². The molecule has 0 fully saturated rings. The second-order valence-electron chi connectivity index (χ2n) is 5.72. The minimum atomic E-state index is 0. The fourth-order valence-electron chi connectivity index (χ4n) is 2.86. The Morgan fingerprint density at radius 1 is 0.565 bits per heavy atom. The highest BCUT2D eigenvalue weighted by Crippen LogP contribution is 2.26. The van der Waals surface area contributed by atoms with Crippen molar-refractivity contribution < 1.29 is 12.4 Å². The zero-order chi connectivity index (χ0) is 15.0. The molecule has 0 saturated carbocycles. The summed E-state index contributed by atoms with van der Waals surface area (Å²) in [6.45, 7) is 0. The summed E-state index contributed by atoms with van der Waals surface area (Å²) < 4.78 is 0. The monoisotopic (exact) mass is 340 g/mol. The lowest BCUT2D eigenvalue weighted by atomic mass is 10.0. The second-order valence-corrected chi connectivity index (χ2v) is 7.66. The summed E-state index contributed by atoms with van der Waals surface area (Å²) >= 11 is 0. The molecule has 0 radical (unpaired) electrons. The van der Waals surface area contributed by atoms with Crippen molar-refractivity contribution in [3.63, 3.8) is 0 Å². The van der Waals surface area contributed by atoms with E-state index in [9.17, 15) is 0 Å². The first-order chi connectivity index (χ1) is 10.9. The largest absolute Gasteiger partial charge is 1.00 e. The van der Waals surface area contributed by atoms with Crippen molar-refractivity contribution in [2.75, 3.05) is 0 Å². The van der Waals surface area contributed by atoms with Gasteiger partial charge in [0.2, 0.25) is 0 Å². The molecule has 0 aliphatic carbocycles. The molecular weight excluding hydrogens is 319 g/mol. The van der Waals surface area contributed by atoms with Crippen LogP contribution in [-0.4, -0.2) is 5.66 Å². The van der Waals surface area contributed by atoms with Gasteiger partial charge >= 0.3 is 0 Å². The van der Waals surface area contributed by atoms with Gasteiger partial charge in [0.15, 0.2) is 0 Å². The maximum atomic E-state index is 2.28. The molecule has 118 valence electrons. The Bertz CT molecular complexity index is 569. The number of hydrogen-bond acceptors (Lipinski definition) is 0. The minimum absolute atomic E-state index is 0. The van der Waals surface area contributed by atoms with Crippen LogP contribution in [0.15, 0.2) is 91.0 Å². The average Bonchev–Trinajstić information content (AvgIpc) is 2.57. The lowest BCUT2D eigenvalue weighted by Crippen LogP contribution is -3.00. The zero-order valence-electron chi connectivity index (χ0n) is 13.1. The van der Waals surface area contributed by atoms with E-state index in [-0.39, 0.29) is 21.0 Å². The third kappa shape index (κ3) is 5.82. The molecule has 0 heterocycles. The van der Waals surface area contributed by atoms with Crippen molar-refractivity contribution >= 4 is 13.9 Å². The highest BCUT2D eigenvalue weighted by molar-refractivity contribution is 7.48. The maximum Gasteiger partial charge on any atom is 0.0893 e. The molecular formula is C21H22ClP. The van der Waals surface area contributed by atoms with Crippen LogP contribution in [0.25, 0.3) is 0 Å². The molecule has 0 spiro atoms. The van der Waals surface area contributed by atoms with E-state index in [0.717, 1.165) is 0 Å². The first-order valence-corrected chi connectivity index (χ1v) is 9.12. The van der Waals surface area contributed by atoms with E-state index in [0.29, 0.717) is 5.66 Å². The summed E-state index contributed by atoms with van der Waals surface area (Å²) in [7, 11) is 0.281. The van der Waals surface area contributed by atoms with Gasteiger partial charge in [-0.1, -0.05) is 78.9 Å². The molecule has 2 heteroatoms. The Morgan fingerprint density at radius 3 is 1.39 bits per heavy atom. The summed E-state index contributed by atoms with van der Waals surface area (Å²) in [6.07, 6.45) is 2.33. The lowest BCUT2D eigenvalue weighted by Gasteiger charge is -2.12. The van der Waals surface area contributed by atoms with Crippen molar-refractivity contribution in [2.24, 2.45) is 0 Å². The summed E-state index contributed by atoms with van der Waals surface area (Å²) in [6, 6.07) is 32.8. The second kappa shape index (κ2) is 9.50. The molecule has 0 N–H and O–H groups in total. The lowest BCUT2D eigenvalue weighted by molar-refractivity contribution is -0.00000428. The number of halogens is 1. The summed E-state index contributed by atoms with van der Waals surface area (Å²) in [5.41, 5.74) is 3.62. The number of hydrogen-bond donors (Lipinski definition) is 0. The zero-order valence-corrected chi connectivity index (χ0v) is 15.0. The van der Waals surface area contributed by atoms with Gasteiger partial charge in [-0.25, -0.2) is 0 Å².